The molecule has 0 radical (unpaired) electrons. The molecule has 1 amide bonds. The van der Waals surface area contributed by atoms with Gasteiger partial charge in [0.15, 0.2) is 0 Å². The number of nitrogens with one attached hydrogen (secondary N) is 3. The van der Waals surface area contributed by atoms with Gasteiger partial charge in [-0.15, -0.1) is 0 Å². The van der Waals surface area contributed by atoms with Crippen LogP contribution in [-0.4, -0.2) is 31.6 Å². The van der Waals surface area contributed by atoms with E-state index < -0.39 is 23.7 Å². The first-order valence-electron chi connectivity index (χ1n) is 11.6. The number of hydrogen-bond donors (Lipinski definition) is 3. The van der Waals surface area contributed by atoms with E-state index in [1.807, 2.05) is 79.9 Å². The van der Waals surface area contributed by atoms with Crippen LogP contribution < -0.4 is 4.90 Å². The van der Waals surface area contributed by atoms with Crippen molar-refractivity contribution in [2.24, 2.45) is 0 Å². The number of nitrogens with zero attached hydrogens (tertiary/aromatic N) is 2. The summed E-state index contributed by atoms with van der Waals surface area (Å²) in [6.07, 6.45) is 3.50. The van der Waals surface area contributed by atoms with Crippen LogP contribution in [0.4, 0.5) is 5.69 Å². The second-order valence-corrected chi connectivity index (χ2v) is 9.06. The van der Waals surface area contributed by atoms with Gasteiger partial charge < -0.3 is 15.0 Å². The topological polar surface area (TPSA) is 97.6 Å². The third-order valence-electron chi connectivity index (χ3n) is 7.18. The number of amides is 1. The molecule has 3 aromatic heterocycles. The Morgan fingerprint density at radius 2 is 1.63 bits per heavy atom. The highest BCUT2D eigenvalue weighted by atomic mass is 16.2. The highest BCUT2D eigenvalue weighted by molar-refractivity contribution is 6.46. The molecule has 1 aliphatic heterocycles. The molecule has 7 heteroatoms. The number of carbonyl (C=O) groups excluding carboxylic acids is 2. The number of aromatic amines is 3. The van der Waals surface area contributed by atoms with Gasteiger partial charge in [0.1, 0.15) is 0 Å². The van der Waals surface area contributed by atoms with E-state index in [4.69, 9.17) is 0 Å². The fourth-order valence-electron chi connectivity index (χ4n) is 5.66. The Morgan fingerprint density at radius 3 is 2.49 bits per heavy atom. The third-order valence-corrected chi connectivity index (χ3v) is 7.18. The maximum absolute atomic E-state index is 13.8. The van der Waals surface area contributed by atoms with Crippen molar-refractivity contribution in [3.05, 3.63) is 96.1 Å². The molecule has 1 aliphatic rings. The van der Waals surface area contributed by atoms with E-state index in [1.54, 1.807) is 11.2 Å². The number of Topliss-reactive ketones (excluding diaryl/α,β-unsaturated/α-hetero) is 1. The Hall–Kier alpha value is -4.65. The number of benzene rings is 3. The molecule has 0 aliphatic carbocycles. The van der Waals surface area contributed by atoms with Crippen molar-refractivity contribution in [2.75, 3.05) is 4.90 Å². The largest absolute Gasteiger partial charge is 0.361 e. The molecule has 1 saturated heterocycles. The van der Waals surface area contributed by atoms with Gasteiger partial charge >= 0.3 is 0 Å². The highest BCUT2D eigenvalue weighted by Gasteiger charge is 2.51. The van der Waals surface area contributed by atoms with Crippen LogP contribution in [0.3, 0.4) is 0 Å². The molecule has 0 spiro atoms. The van der Waals surface area contributed by atoms with Crippen molar-refractivity contribution in [1.29, 1.82) is 0 Å². The summed E-state index contributed by atoms with van der Waals surface area (Å²) in [5.74, 6) is -1.57. The number of rotatable bonds is 3. The normalized spacial score (nSPS) is 18.5. The standard InChI is InChI=1S/C28H21N5O2/c1-15-24(18-7-3-5-9-21(18)32-15)26-25(19-13-29-20-8-4-2-6-17(19)20)27(34)28(35)33(26)16-10-11-22-23(12-16)31-14-30-22/h2-14,25-26,29,32H,1H3,(H,30,31). The van der Waals surface area contributed by atoms with Crippen LogP contribution in [0.1, 0.15) is 28.8 Å². The summed E-state index contributed by atoms with van der Waals surface area (Å²) in [6.45, 7) is 2.01. The maximum atomic E-state index is 13.8. The number of hydrogen-bond acceptors (Lipinski definition) is 3. The lowest BCUT2D eigenvalue weighted by Gasteiger charge is -2.28. The Kier molecular flexibility index (Phi) is 4.05. The molecular weight excluding hydrogens is 438 g/mol. The molecule has 170 valence electrons. The predicted octanol–water partition coefficient (Wildman–Crippen LogP) is 5.27. The number of fused-ring (bicyclic) bond motifs is 3. The number of aromatic nitrogens is 4. The van der Waals surface area contributed by atoms with E-state index >= 15 is 0 Å². The van der Waals surface area contributed by atoms with Gasteiger partial charge in [-0.2, -0.15) is 0 Å². The van der Waals surface area contributed by atoms with Crippen molar-refractivity contribution < 1.29 is 9.59 Å². The Labute approximate surface area is 199 Å². The molecule has 2 atom stereocenters. The summed E-state index contributed by atoms with van der Waals surface area (Å²) in [7, 11) is 0. The van der Waals surface area contributed by atoms with Crippen LogP contribution in [0.5, 0.6) is 0 Å². The zero-order valence-corrected chi connectivity index (χ0v) is 18.9. The third kappa shape index (κ3) is 2.75. The summed E-state index contributed by atoms with van der Waals surface area (Å²) in [4.78, 5) is 43.3. The first kappa shape index (κ1) is 19.8. The van der Waals surface area contributed by atoms with Gasteiger partial charge in [0, 0.05) is 44.9 Å². The Morgan fingerprint density at radius 1 is 0.857 bits per heavy atom. The first-order chi connectivity index (χ1) is 17.1. The minimum Gasteiger partial charge on any atom is -0.361 e. The van der Waals surface area contributed by atoms with Gasteiger partial charge in [-0.05, 0) is 42.8 Å². The summed E-state index contributed by atoms with van der Waals surface area (Å²) in [6, 6.07) is 21.0. The maximum Gasteiger partial charge on any atom is 0.295 e. The quantitative estimate of drug-likeness (QED) is 0.314. The molecule has 1 fully saturated rings. The smallest absolute Gasteiger partial charge is 0.295 e. The van der Waals surface area contributed by atoms with Gasteiger partial charge in [0.2, 0.25) is 5.78 Å². The number of aryl methyl sites for hydroxylation is 1. The van der Waals surface area contributed by atoms with E-state index in [2.05, 4.69) is 19.9 Å². The molecular formula is C28H21N5O2. The van der Waals surface area contributed by atoms with Crippen LogP contribution in [0.15, 0.2) is 79.3 Å². The van der Waals surface area contributed by atoms with Crippen LogP contribution in [0.25, 0.3) is 32.8 Å². The van der Waals surface area contributed by atoms with Crippen molar-refractivity contribution >= 4 is 50.2 Å². The lowest BCUT2D eigenvalue weighted by molar-refractivity contribution is -0.134. The summed E-state index contributed by atoms with van der Waals surface area (Å²) in [5.41, 5.74) is 6.93. The monoisotopic (exact) mass is 459 g/mol. The lowest BCUT2D eigenvalue weighted by atomic mass is 9.85. The zero-order chi connectivity index (χ0) is 23.7. The number of imidazole rings is 1. The van der Waals surface area contributed by atoms with E-state index in [0.717, 1.165) is 49.7 Å². The minimum absolute atomic E-state index is 0.408. The van der Waals surface area contributed by atoms with Crippen LogP contribution in [0.2, 0.25) is 0 Å². The van der Waals surface area contributed by atoms with Crippen molar-refractivity contribution in [3.8, 4) is 0 Å². The number of ketones is 1. The molecule has 3 N–H and O–H groups in total. The van der Waals surface area contributed by atoms with E-state index in [0.29, 0.717) is 5.69 Å². The molecule has 0 saturated carbocycles. The minimum atomic E-state index is -0.658. The lowest BCUT2D eigenvalue weighted by Crippen LogP contribution is -2.29. The zero-order valence-electron chi connectivity index (χ0n) is 18.9. The number of H-pyrrole nitrogens is 3. The predicted molar refractivity (Wildman–Crippen MR) is 135 cm³/mol. The molecule has 7 rings (SSSR count). The Bertz CT molecular complexity index is 1790. The SMILES string of the molecule is Cc1[nH]c2ccccc2c1C1C(c2c[nH]c3ccccc23)C(=O)C(=O)N1c1ccc2nc[nH]c2c1. The number of para-hydroxylation sites is 2. The van der Waals surface area contributed by atoms with E-state index in [1.165, 1.54) is 0 Å². The van der Waals surface area contributed by atoms with Crippen molar-refractivity contribution in [2.45, 2.75) is 18.9 Å². The molecule has 3 aromatic carbocycles. The Balaban J connectivity index is 1.51. The summed E-state index contributed by atoms with van der Waals surface area (Å²) >= 11 is 0. The molecule has 0 bridgehead atoms. The van der Waals surface area contributed by atoms with Gasteiger partial charge in [-0.1, -0.05) is 36.4 Å². The average molecular weight is 460 g/mol. The number of carbonyl (C=O) groups is 2. The summed E-state index contributed by atoms with van der Waals surface area (Å²) < 4.78 is 0. The van der Waals surface area contributed by atoms with Crippen molar-refractivity contribution in [3.63, 3.8) is 0 Å². The number of anilines is 1. The molecule has 6 aromatic rings. The van der Waals surface area contributed by atoms with Gasteiger partial charge in [-0.3, -0.25) is 14.5 Å². The van der Waals surface area contributed by atoms with E-state index in [9.17, 15) is 9.59 Å². The van der Waals surface area contributed by atoms with Crippen LogP contribution >= 0.6 is 0 Å². The van der Waals surface area contributed by atoms with E-state index in [-0.39, 0.29) is 0 Å². The first-order valence-corrected chi connectivity index (χ1v) is 11.6. The fourth-order valence-corrected chi connectivity index (χ4v) is 5.66. The van der Waals surface area contributed by atoms with Gasteiger partial charge in [-0.25, -0.2) is 4.98 Å². The molecule has 2 unspecified atom stereocenters. The van der Waals surface area contributed by atoms with Crippen LogP contribution in [-0.2, 0) is 9.59 Å². The molecule has 7 nitrogen and oxygen atoms in total. The van der Waals surface area contributed by atoms with Gasteiger partial charge in [0.25, 0.3) is 5.91 Å². The second-order valence-electron chi connectivity index (χ2n) is 9.06. The van der Waals surface area contributed by atoms with Gasteiger partial charge in [0.05, 0.1) is 29.3 Å². The van der Waals surface area contributed by atoms with Crippen molar-refractivity contribution in [1.82, 2.24) is 19.9 Å². The molecule has 35 heavy (non-hydrogen) atoms. The average Bonchev–Trinajstić information content (AvgIpc) is 3.63. The fraction of sp³-hybridized carbons (Fsp3) is 0.107. The summed E-state index contributed by atoms with van der Waals surface area (Å²) in [5, 5.41) is 1.96. The second kappa shape index (κ2) is 7.17. The van der Waals surface area contributed by atoms with Crippen LogP contribution in [0, 0.1) is 6.92 Å². The molecule has 4 heterocycles. The highest BCUT2D eigenvalue weighted by Crippen LogP contribution is 2.49.